The number of aryl methyl sites for hydroxylation is 1. The molecule has 0 amide bonds. The van der Waals surface area contributed by atoms with Crippen LogP contribution in [0.2, 0.25) is 0 Å². The molecule has 1 aromatic heterocycles. The first-order valence-electron chi connectivity index (χ1n) is 6.71. The minimum atomic E-state index is -0.189. The van der Waals surface area contributed by atoms with E-state index in [1.807, 2.05) is 19.1 Å². The molecule has 0 fully saturated rings. The Balaban J connectivity index is 2.06. The Hall–Kier alpha value is -2.13. The number of hydrogen-bond acceptors (Lipinski definition) is 1. The fraction of sp³-hybridized carbons (Fsp3) is 0.176. The van der Waals surface area contributed by atoms with Crippen LogP contribution < -0.4 is 5.73 Å². The summed E-state index contributed by atoms with van der Waals surface area (Å²) in [4.78, 5) is 0. The predicted molar refractivity (Wildman–Crippen MR) is 80.1 cm³/mol. The smallest absolute Gasteiger partial charge is 0.123 e. The Labute approximate surface area is 117 Å². The summed E-state index contributed by atoms with van der Waals surface area (Å²) < 4.78 is 15.4. The Kier molecular flexibility index (Phi) is 3.28. The minimum Gasteiger partial charge on any atom is -0.343 e. The zero-order chi connectivity index (χ0) is 14.1. The summed E-state index contributed by atoms with van der Waals surface area (Å²) in [5.41, 5.74) is 10.2. The highest BCUT2D eigenvalue weighted by Crippen LogP contribution is 2.22. The Bertz CT molecular complexity index is 759. The summed E-state index contributed by atoms with van der Waals surface area (Å²) >= 11 is 0. The number of nitrogens with zero attached hydrogens (tertiary/aromatic N) is 1. The molecule has 0 bridgehead atoms. The predicted octanol–water partition coefficient (Wildman–Crippen LogP) is 3.60. The zero-order valence-electron chi connectivity index (χ0n) is 11.4. The van der Waals surface area contributed by atoms with Crippen molar-refractivity contribution in [3.05, 3.63) is 71.2 Å². The van der Waals surface area contributed by atoms with Gasteiger partial charge in [-0.1, -0.05) is 24.3 Å². The fourth-order valence-corrected chi connectivity index (χ4v) is 2.66. The van der Waals surface area contributed by atoms with Gasteiger partial charge in [0.25, 0.3) is 0 Å². The van der Waals surface area contributed by atoms with Crippen LogP contribution in [0, 0.1) is 12.7 Å². The molecule has 20 heavy (non-hydrogen) atoms. The number of para-hydroxylation sites is 1. The van der Waals surface area contributed by atoms with Crippen LogP contribution in [-0.2, 0) is 13.1 Å². The van der Waals surface area contributed by atoms with Gasteiger partial charge in [-0.05, 0) is 47.2 Å². The van der Waals surface area contributed by atoms with E-state index in [2.05, 4.69) is 29.0 Å². The second-order valence-corrected chi connectivity index (χ2v) is 5.07. The molecular weight excluding hydrogens is 251 g/mol. The maximum absolute atomic E-state index is 13.2. The molecule has 0 aliphatic carbocycles. The van der Waals surface area contributed by atoms with Gasteiger partial charge in [0.2, 0.25) is 0 Å². The van der Waals surface area contributed by atoms with Crippen molar-refractivity contribution in [2.75, 3.05) is 0 Å². The topological polar surface area (TPSA) is 30.9 Å². The van der Waals surface area contributed by atoms with Crippen molar-refractivity contribution < 1.29 is 4.39 Å². The van der Waals surface area contributed by atoms with E-state index in [4.69, 9.17) is 5.73 Å². The van der Waals surface area contributed by atoms with Gasteiger partial charge in [-0.15, -0.1) is 0 Å². The van der Waals surface area contributed by atoms with Crippen molar-refractivity contribution in [1.82, 2.24) is 4.57 Å². The van der Waals surface area contributed by atoms with Gasteiger partial charge in [0.05, 0.1) is 5.52 Å². The van der Waals surface area contributed by atoms with Gasteiger partial charge in [0.15, 0.2) is 0 Å². The van der Waals surface area contributed by atoms with Crippen LogP contribution in [0.3, 0.4) is 0 Å². The highest BCUT2D eigenvalue weighted by Gasteiger charge is 2.07. The molecule has 0 spiro atoms. The normalized spacial score (nSPS) is 11.2. The molecule has 0 aliphatic rings. The molecule has 0 saturated heterocycles. The number of fused-ring (bicyclic) bond motifs is 1. The monoisotopic (exact) mass is 268 g/mol. The van der Waals surface area contributed by atoms with Crippen LogP contribution in [-0.4, -0.2) is 4.57 Å². The molecule has 3 aromatic rings. The van der Waals surface area contributed by atoms with E-state index in [0.29, 0.717) is 6.54 Å². The van der Waals surface area contributed by atoms with Crippen LogP contribution in [0.5, 0.6) is 0 Å². The van der Waals surface area contributed by atoms with Crippen molar-refractivity contribution >= 4 is 10.9 Å². The van der Waals surface area contributed by atoms with E-state index in [1.165, 1.54) is 17.0 Å². The lowest BCUT2D eigenvalue weighted by molar-refractivity contribution is 0.625. The van der Waals surface area contributed by atoms with E-state index in [1.54, 1.807) is 6.07 Å². The zero-order valence-corrected chi connectivity index (χ0v) is 11.4. The second kappa shape index (κ2) is 5.10. The third-order valence-electron chi connectivity index (χ3n) is 3.74. The molecule has 0 aliphatic heterocycles. The molecule has 1 heterocycles. The molecule has 0 atom stereocenters. The van der Waals surface area contributed by atoms with Crippen LogP contribution in [0.25, 0.3) is 10.9 Å². The van der Waals surface area contributed by atoms with Gasteiger partial charge >= 0.3 is 0 Å². The molecule has 2 aromatic carbocycles. The second-order valence-electron chi connectivity index (χ2n) is 5.07. The number of halogens is 1. The van der Waals surface area contributed by atoms with E-state index in [9.17, 15) is 4.39 Å². The standard InChI is InChI=1S/C17H17FN2/c1-12-9-16(18)6-5-15(12)11-20-8-7-13-3-2-4-14(10-19)17(13)20/h2-9H,10-11,19H2,1H3. The minimum absolute atomic E-state index is 0.189. The summed E-state index contributed by atoms with van der Waals surface area (Å²) in [7, 11) is 0. The van der Waals surface area contributed by atoms with Gasteiger partial charge < -0.3 is 10.3 Å². The van der Waals surface area contributed by atoms with Gasteiger partial charge in [-0.3, -0.25) is 0 Å². The Morgan fingerprint density at radius 1 is 1.10 bits per heavy atom. The van der Waals surface area contributed by atoms with Crippen molar-refractivity contribution in [2.24, 2.45) is 5.73 Å². The molecule has 0 radical (unpaired) electrons. The lowest BCUT2D eigenvalue weighted by Crippen LogP contribution is -2.04. The Morgan fingerprint density at radius 3 is 2.70 bits per heavy atom. The summed E-state index contributed by atoms with van der Waals surface area (Å²) in [6, 6.07) is 13.2. The van der Waals surface area contributed by atoms with Gasteiger partial charge in [0.1, 0.15) is 5.82 Å². The average molecular weight is 268 g/mol. The third kappa shape index (κ3) is 2.21. The molecule has 3 heteroatoms. The van der Waals surface area contributed by atoms with E-state index < -0.39 is 0 Å². The van der Waals surface area contributed by atoms with E-state index in [-0.39, 0.29) is 5.82 Å². The van der Waals surface area contributed by atoms with Gasteiger partial charge in [0, 0.05) is 19.3 Å². The van der Waals surface area contributed by atoms with Crippen LogP contribution >= 0.6 is 0 Å². The van der Waals surface area contributed by atoms with Crippen LogP contribution in [0.15, 0.2) is 48.7 Å². The summed E-state index contributed by atoms with van der Waals surface area (Å²) in [5, 5.41) is 1.19. The number of nitrogens with two attached hydrogens (primary N) is 1. The first-order chi connectivity index (χ1) is 9.69. The van der Waals surface area contributed by atoms with Crippen molar-refractivity contribution in [3.63, 3.8) is 0 Å². The van der Waals surface area contributed by atoms with E-state index >= 15 is 0 Å². The van der Waals surface area contributed by atoms with Crippen molar-refractivity contribution in [1.29, 1.82) is 0 Å². The Morgan fingerprint density at radius 2 is 1.95 bits per heavy atom. The van der Waals surface area contributed by atoms with Crippen LogP contribution in [0.4, 0.5) is 4.39 Å². The third-order valence-corrected chi connectivity index (χ3v) is 3.74. The fourth-order valence-electron chi connectivity index (χ4n) is 2.66. The molecule has 2 N–H and O–H groups in total. The quantitative estimate of drug-likeness (QED) is 0.773. The largest absolute Gasteiger partial charge is 0.343 e. The molecule has 102 valence electrons. The van der Waals surface area contributed by atoms with Crippen molar-refractivity contribution in [2.45, 2.75) is 20.0 Å². The average Bonchev–Trinajstić information content (AvgIpc) is 2.85. The molecular formula is C17H17FN2. The SMILES string of the molecule is Cc1cc(F)ccc1Cn1ccc2cccc(CN)c21. The lowest BCUT2D eigenvalue weighted by Gasteiger charge is -2.11. The maximum Gasteiger partial charge on any atom is 0.123 e. The highest BCUT2D eigenvalue weighted by atomic mass is 19.1. The summed E-state index contributed by atoms with van der Waals surface area (Å²) in [5.74, 6) is -0.189. The lowest BCUT2D eigenvalue weighted by atomic mass is 10.1. The van der Waals surface area contributed by atoms with Gasteiger partial charge in [-0.25, -0.2) is 4.39 Å². The molecule has 0 saturated carbocycles. The first-order valence-corrected chi connectivity index (χ1v) is 6.71. The van der Waals surface area contributed by atoms with Crippen molar-refractivity contribution in [3.8, 4) is 0 Å². The van der Waals surface area contributed by atoms with Gasteiger partial charge in [-0.2, -0.15) is 0 Å². The summed E-state index contributed by atoms with van der Waals surface area (Å²) in [6.45, 7) is 3.18. The molecule has 2 nitrogen and oxygen atoms in total. The number of aromatic nitrogens is 1. The summed E-state index contributed by atoms with van der Waals surface area (Å²) in [6.07, 6.45) is 2.06. The number of rotatable bonds is 3. The number of benzene rings is 2. The first kappa shape index (κ1) is 12.9. The number of hydrogen-bond donors (Lipinski definition) is 1. The van der Waals surface area contributed by atoms with E-state index in [0.717, 1.165) is 23.2 Å². The molecule has 0 unspecified atom stereocenters. The highest BCUT2D eigenvalue weighted by molar-refractivity contribution is 5.83. The van der Waals surface area contributed by atoms with Crippen LogP contribution in [0.1, 0.15) is 16.7 Å². The maximum atomic E-state index is 13.2. The molecule has 3 rings (SSSR count).